The Kier molecular flexibility index (Phi) is 4.07. The van der Waals surface area contributed by atoms with E-state index in [2.05, 4.69) is 11.9 Å². The maximum absolute atomic E-state index is 14.1. The number of rotatable bonds is 5. The summed E-state index contributed by atoms with van der Waals surface area (Å²) in [7, 11) is 0. The van der Waals surface area contributed by atoms with Gasteiger partial charge in [0.1, 0.15) is 5.82 Å². The van der Waals surface area contributed by atoms with Crippen LogP contribution in [-0.4, -0.2) is 15.9 Å². The van der Waals surface area contributed by atoms with Crippen LogP contribution in [-0.2, 0) is 6.54 Å². The number of fused-ring (bicyclic) bond motifs is 1. The molecule has 2 heterocycles. The number of aryl methyl sites for hydroxylation is 1. The Hall–Kier alpha value is -2.21. The second-order valence-corrected chi connectivity index (χ2v) is 7.67. The number of halogens is 1. The van der Waals surface area contributed by atoms with Gasteiger partial charge in [0.25, 0.3) is 5.56 Å². The third kappa shape index (κ3) is 2.95. The van der Waals surface area contributed by atoms with Crippen molar-refractivity contribution < 1.29 is 4.39 Å². The van der Waals surface area contributed by atoms with E-state index in [1.54, 1.807) is 33.9 Å². The molecule has 3 aromatic rings. The van der Waals surface area contributed by atoms with Crippen LogP contribution in [0.5, 0.6) is 0 Å². The van der Waals surface area contributed by atoms with Gasteiger partial charge in [-0.1, -0.05) is 12.1 Å². The second kappa shape index (κ2) is 6.26. The van der Waals surface area contributed by atoms with E-state index in [1.165, 1.54) is 10.9 Å². The molecule has 0 unspecified atom stereocenters. The Labute approximate surface area is 149 Å². The maximum Gasteiger partial charge on any atom is 0.259 e. The third-order valence-corrected chi connectivity index (χ3v) is 5.65. The Balaban J connectivity index is 1.72. The number of hydrogen-bond donors (Lipinski definition) is 0. The molecule has 0 saturated heterocycles. The van der Waals surface area contributed by atoms with Crippen molar-refractivity contribution >= 4 is 22.0 Å². The summed E-state index contributed by atoms with van der Waals surface area (Å²) >= 11 is 1.57. The highest BCUT2D eigenvalue weighted by Gasteiger charge is 2.30. The fourth-order valence-electron chi connectivity index (χ4n) is 3.32. The SMILES string of the molecule is CCN(Cc1cc(=O)n2c(C3CC3)c(C)sc2n1)c1ccccc1F. The number of aromatic nitrogens is 2. The zero-order chi connectivity index (χ0) is 17.6. The predicted molar refractivity (Wildman–Crippen MR) is 99.2 cm³/mol. The highest BCUT2D eigenvalue weighted by atomic mass is 32.1. The average molecular weight is 357 g/mol. The topological polar surface area (TPSA) is 37.6 Å². The zero-order valence-corrected chi connectivity index (χ0v) is 15.1. The lowest BCUT2D eigenvalue weighted by Crippen LogP contribution is -2.25. The molecule has 4 nitrogen and oxygen atoms in total. The summed E-state index contributed by atoms with van der Waals surface area (Å²) in [6.07, 6.45) is 2.30. The molecule has 0 radical (unpaired) electrons. The van der Waals surface area contributed by atoms with Crippen molar-refractivity contribution in [2.24, 2.45) is 0 Å². The minimum Gasteiger partial charge on any atom is -0.364 e. The number of benzene rings is 1. The van der Waals surface area contributed by atoms with Crippen LogP contribution in [0.1, 0.15) is 41.9 Å². The van der Waals surface area contributed by atoms with E-state index in [4.69, 9.17) is 0 Å². The summed E-state index contributed by atoms with van der Waals surface area (Å²) in [5.41, 5.74) is 2.31. The van der Waals surface area contributed by atoms with Gasteiger partial charge in [-0.2, -0.15) is 0 Å². The van der Waals surface area contributed by atoms with Gasteiger partial charge in [0.2, 0.25) is 0 Å². The smallest absolute Gasteiger partial charge is 0.259 e. The average Bonchev–Trinajstić information content (AvgIpc) is 3.36. The molecule has 0 N–H and O–H groups in total. The van der Waals surface area contributed by atoms with Crippen molar-refractivity contribution in [2.75, 3.05) is 11.4 Å². The quantitative estimate of drug-likeness (QED) is 0.690. The van der Waals surface area contributed by atoms with Crippen molar-refractivity contribution in [1.29, 1.82) is 0 Å². The second-order valence-electron chi connectivity index (χ2n) is 6.49. The van der Waals surface area contributed by atoms with Gasteiger partial charge in [0, 0.05) is 29.1 Å². The van der Waals surface area contributed by atoms with Crippen LogP contribution in [0.2, 0.25) is 0 Å². The molecule has 2 aromatic heterocycles. The molecular formula is C19H20FN3OS. The predicted octanol–water partition coefficient (Wildman–Crippen LogP) is 4.11. The largest absolute Gasteiger partial charge is 0.364 e. The standard InChI is InChI=1S/C19H20FN3OS/c1-3-22(16-7-5-4-6-15(16)20)11-14-10-17(24)23-18(13-8-9-13)12(2)25-19(23)21-14/h4-7,10,13H,3,8-9,11H2,1-2H3. The number of hydrogen-bond acceptors (Lipinski definition) is 4. The van der Waals surface area contributed by atoms with Crippen LogP contribution < -0.4 is 10.5 Å². The monoisotopic (exact) mass is 357 g/mol. The summed E-state index contributed by atoms with van der Waals surface area (Å²) in [5, 5.41) is 0. The summed E-state index contributed by atoms with van der Waals surface area (Å²) in [6, 6.07) is 8.29. The number of anilines is 1. The first-order valence-corrected chi connectivity index (χ1v) is 9.41. The number of nitrogens with zero attached hydrogens (tertiary/aromatic N) is 3. The molecule has 0 aliphatic heterocycles. The van der Waals surface area contributed by atoms with Gasteiger partial charge in [-0.05, 0) is 38.8 Å². The van der Waals surface area contributed by atoms with Crippen LogP contribution in [0.25, 0.3) is 4.96 Å². The fraction of sp³-hybridized carbons (Fsp3) is 0.368. The molecule has 0 bridgehead atoms. The van der Waals surface area contributed by atoms with Gasteiger partial charge in [-0.15, -0.1) is 11.3 Å². The van der Waals surface area contributed by atoms with Crippen LogP contribution >= 0.6 is 11.3 Å². The minimum absolute atomic E-state index is 0.0316. The molecule has 25 heavy (non-hydrogen) atoms. The highest BCUT2D eigenvalue weighted by Crippen LogP contribution is 2.43. The summed E-state index contributed by atoms with van der Waals surface area (Å²) in [4.78, 5) is 21.2. The highest BCUT2D eigenvalue weighted by molar-refractivity contribution is 7.17. The van der Waals surface area contributed by atoms with E-state index < -0.39 is 0 Å². The normalized spacial score (nSPS) is 14.2. The van der Waals surface area contributed by atoms with E-state index in [9.17, 15) is 9.18 Å². The Morgan fingerprint density at radius 3 is 2.80 bits per heavy atom. The lowest BCUT2D eigenvalue weighted by atomic mass is 10.2. The molecule has 0 spiro atoms. The molecule has 1 aromatic carbocycles. The Morgan fingerprint density at radius 1 is 1.36 bits per heavy atom. The van der Waals surface area contributed by atoms with E-state index in [0.717, 1.165) is 23.5 Å². The molecule has 0 amide bonds. The summed E-state index contributed by atoms with van der Waals surface area (Å²) in [5.74, 6) is 0.245. The Bertz CT molecular complexity index is 990. The fourth-order valence-corrected chi connectivity index (χ4v) is 4.40. The van der Waals surface area contributed by atoms with E-state index in [-0.39, 0.29) is 11.4 Å². The van der Waals surface area contributed by atoms with E-state index >= 15 is 0 Å². The number of para-hydroxylation sites is 1. The summed E-state index contributed by atoms with van der Waals surface area (Å²) in [6.45, 7) is 5.08. The van der Waals surface area contributed by atoms with Crippen LogP contribution in [0, 0.1) is 12.7 Å². The van der Waals surface area contributed by atoms with Gasteiger partial charge in [0.15, 0.2) is 4.96 Å². The van der Waals surface area contributed by atoms with E-state index in [1.807, 2.05) is 17.9 Å². The van der Waals surface area contributed by atoms with Gasteiger partial charge in [-0.25, -0.2) is 9.37 Å². The number of thiazole rings is 1. The van der Waals surface area contributed by atoms with Crippen molar-refractivity contribution in [3.05, 3.63) is 62.8 Å². The zero-order valence-electron chi connectivity index (χ0n) is 14.3. The molecule has 6 heteroatoms. The summed E-state index contributed by atoms with van der Waals surface area (Å²) < 4.78 is 15.9. The van der Waals surface area contributed by atoms with E-state index in [0.29, 0.717) is 30.4 Å². The van der Waals surface area contributed by atoms with Crippen molar-refractivity contribution in [2.45, 2.75) is 39.2 Å². The minimum atomic E-state index is -0.259. The van der Waals surface area contributed by atoms with Crippen LogP contribution in [0.4, 0.5) is 10.1 Å². The van der Waals surface area contributed by atoms with Gasteiger partial charge in [-0.3, -0.25) is 9.20 Å². The van der Waals surface area contributed by atoms with Crippen LogP contribution in [0.3, 0.4) is 0 Å². The Morgan fingerprint density at radius 2 is 2.12 bits per heavy atom. The van der Waals surface area contributed by atoms with Gasteiger partial charge in [0.05, 0.1) is 17.9 Å². The van der Waals surface area contributed by atoms with Gasteiger partial charge < -0.3 is 4.90 Å². The van der Waals surface area contributed by atoms with Gasteiger partial charge >= 0.3 is 0 Å². The molecular weight excluding hydrogens is 337 g/mol. The molecule has 130 valence electrons. The van der Waals surface area contributed by atoms with Crippen molar-refractivity contribution in [3.63, 3.8) is 0 Å². The molecule has 1 saturated carbocycles. The molecule has 0 atom stereocenters. The molecule has 1 aliphatic rings. The molecule has 1 aliphatic carbocycles. The third-order valence-electron chi connectivity index (χ3n) is 4.68. The van der Waals surface area contributed by atoms with Crippen molar-refractivity contribution in [3.8, 4) is 0 Å². The maximum atomic E-state index is 14.1. The first-order chi connectivity index (χ1) is 12.1. The first kappa shape index (κ1) is 16.3. The molecule has 1 fully saturated rings. The first-order valence-electron chi connectivity index (χ1n) is 8.60. The van der Waals surface area contributed by atoms with Crippen LogP contribution in [0.15, 0.2) is 35.1 Å². The molecule has 4 rings (SSSR count). The lowest BCUT2D eigenvalue weighted by Gasteiger charge is -2.23. The lowest BCUT2D eigenvalue weighted by molar-refractivity contribution is 0.617. The van der Waals surface area contributed by atoms with Crippen molar-refractivity contribution in [1.82, 2.24) is 9.38 Å².